The molecule has 1 rings (SSSR count). The number of ether oxygens (including phenoxy) is 1. The van der Waals surface area contributed by atoms with Crippen molar-refractivity contribution in [2.75, 3.05) is 6.61 Å². The number of carboxylic acid groups (broad SMARTS) is 1. The largest absolute Gasteiger partial charge is 0.480 e. The van der Waals surface area contributed by atoms with Crippen molar-refractivity contribution in [2.45, 2.75) is 31.4 Å². The number of aliphatic carboxylic acids is 1. The molecule has 4 heteroatoms. The average molecular weight is 159 g/mol. The first-order chi connectivity index (χ1) is 5.20. The molecule has 0 radical (unpaired) electrons. The van der Waals surface area contributed by atoms with E-state index in [4.69, 9.17) is 15.6 Å². The molecule has 4 nitrogen and oxygen atoms in total. The van der Waals surface area contributed by atoms with Crippen molar-refractivity contribution in [2.24, 2.45) is 5.73 Å². The first-order valence-corrected chi connectivity index (χ1v) is 3.80. The summed E-state index contributed by atoms with van der Waals surface area (Å²) in [5, 5.41) is 8.38. The van der Waals surface area contributed by atoms with Crippen molar-refractivity contribution in [1.82, 2.24) is 0 Å². The Balaban J connectivity index is 1.96. The summed E-state index contributed by atoms with van der Waals surface area (Å²) in [6.45, 7) is 0.470. The molecular weight excluding hydrogens is 146 g/mol. The minimum absolute atomic E-state index is 0.385. The van der Waals surface area contributed by atoms with Gasteiger partial charge in [-0.3, -0.25) is 4.79 Å². The van der Waals surface area contributed by atoms with Gasteiger partial charge in [-0.05, 0) is 19.3 Å². The molecule has 64 valence electrons. The SMILES string of the molecule is NC(CCOC1CC1)C(=O)O. The molecule has 0 aliphatic heterocycles. The molecule has 0 aromatic heterocycles. The third kappa shape index (κ3) is 3.34. The summed E-state index contributed by atoms with van der Waals surface area (Å²) in [7, 11) is 0. The smallest absolute Gasteiger partial charge is 0.320 e. The summed E-state index contributed by atoms with van der Waals surface area (Å²) in [6.07, 6.45) is 3.02. The Morgan fingerprint density at radius 3 is 2.82 bits per heavy atom. The van der Waals surface area contributed by atoms with Gasteiger partial charge >= 0.3 is 5.97 Å². The summed E-state index contributed by atoms with van der Waals surface area (Å²) in [5.41, 5.74) is 5.24. The predicted molar refractivity (Wildman–Crippen MR) is 39.2 cm³/mol. The number of carboxylic acids is 1. The molecule has 0 saturated heterocycles. The van der Waals surface area contributed by atoms with Crippen LogP contribution in [0.1, 0.15) is 19.3 Å². The number of hydrogen-bond donors (Lipinski definition) is 2. The highest BCUT2D eigenvalue weighted by Gasteiger charge is 2.22. The van der Waals surface area contributed by atoms with E-state index in [0.29, 0.717) is 19.1 Å². The summed E-state index contributed by atoms with van der Waals surface area (Å²) < 4.78 is 5.23. The maximum atomic E-state index is 10.2. The van der Waals surface area contributed by atoms with Crippen LogP contribution in [-0.4, -0.2) is 29.8 Å². The van der Waals surface area contributed by atoms with Gasteiger partial charge in [0.05, 0.1) is 6.10 Å². The highest BCUT2D eigenvalue weighted by atomic mass is 16.5. The first kappa shape index (κ1) is 8.49. The number of rotatable bonds is 5. The third-order valence-corrected chi connectivity index (χ3v) is 1.62. The first-order valence-electron chi connectivity index (χ1n) is 3.80. The lowest BCUT2D eigenvalue weighted by Crippen LogP contribution is -2.31. The van der Waals surface area contributed by atoms with Crippen molar-refractivity contribution in [3.63, 3.8) is 0 Å². The van der Waals surface area contributed by atoms with E-state index in [9.17, 15) is 4.79 Å². The minimum atomic E-state index is -0.954. The van der Waals surface area contributed by atoms with Crippen molar-refractivity contribution in [1.29, 1.82) is 0 Å². The van der Waals surface area contributed by atoms with Crippen LogP contribution in [-0.2, 0) is 9.53 Å². The van der Waals surface area contributed by atoms with Crippen LogP contribution in [0.5, 0.6) is 0 Å². The molecule has 3 N–H and O–H groups in total. The highest BCUT2D eigenvalue weighted by Crippen LogP contribution is 2.23. The Morgan fingerprint density at radius 1 is 1.73 bits per heavy atom. The molecule has 1 fully saturated rings. The molecule has 0 aromatic rings. The van der Waals surface area contributed by atoms with Crippen molar-refractivity contribution in [3.05, 3.63) is 0 Å². The van der Waals surface area contributed by atoms with Gasteiger partial charge in [-0.1, -0.05) is 0 Å². The third-order valence-electron chi connectivity index (χ3n) is 1.62. The molecule has 1 atom stereocenters. The van der Waals surface area contributed by atoms with E-state index in [1.807, 2.05) is 0 Å². The van der Waals surface area contributed by atoms with Gasteiger partial charge < -0.3 is 15.6 Å². The van der Waals surface area contributed by atoms with Gasteiger partial charge in [0.15, 0.2) is 0 Å². The molecule has 11 heavy (non-hydrogen) atoms. The molecule has 1 unspecified atom stereocenters. The monoisotopic (exact) mass is 159 g/mol. The van der Waals surface area contributed by atoms with Gasteiger partial charge in [0.25, 0.3) is 0 Å². The van der Waals surface area contributed by atoms with Crippen LogP contribution in [0, 0.1) is 0 Å². The summed E-state index contributed by atoms with van der Waals surface area (Å²) >= 11 is 0. The van der Waals surface area contributed by atoms with Crippen LogP contribution in [0.25, 0.3) is 0 Å². The van der Waals surface area contributed by atoms with E-state index in [2.05, 4.69) is 0 Å². The molecule has 0 aromatic carbocycles. The topological polar surface area (TPSA) is 72.5 Å². The lowest BCUT2D eigenvalue weighted by molar-refractivity contribution is -0.139. The van der Waals surface area contributed by atoms with Gasteiger partial charge in [-0.2, -0.15) is 0 Å². The lowest BCUT2D eigenvalue weighted by Gasteiger charge is -2.05. The molecule has 0 amide bonds. The van der Waals surface area contributed by atoms with Crippen molar-refractivity contribution >= 4 is 5.97 Å². The molecule has 1 aliphatic carbocycles. The fourth-order valence-corrected chi connectivity index (χ4v) is 0.720. The zero-order valence-electron chi connectivity index (χ0n) is 6.32. The van der Waals surface area contributed by atoms with E-state index < -0.39 is 12.0 Å². The molecule has 0 spiro atoms. The predicted octanol–water partition coefficient (Wildman–Crippen LogP) is -0.0326. The van der Waals surface area contributed by atoms with Crippen molar-refractivity contribution in [3.8, 4) is 0 Å². The summed E-state index contributed by atoms with van der Waals surface area (Å²) in [5.74, 6) is -0.954. The van der Waals surface area contributed by atoms with E-state index >= 15 is 0 Å². The van der Waals surface area contributed by atoms with Gasteiger partial charge in [0, 0.05) is 6.61 Å². The number of hydrogen-bond acceptors (Lipinski definition) is 3. The molecule has 1 aliphatic rings. The Morgan fingerprint density at radius 2 is 2.36 bits per heavy atom. The maximum Gasteiger partial charge on any atom is 0.320 e. The van der Waals surface area contributed by atoms with Gasteiger partial charge in [0.1, 0.15) is 6.04 Å². The van der Waals surface area contributed by atoms with Gasteiger partial charge in [0.2, 0.25) is 0 Å². The zero-order chi connectivity index (χ0) is 8.27. The number of carbonyl (C=O) groups is 1. The molecule has 0 heterocycles. The molecule has 1 saturated carbocycles. The van der Waals surface area contributed by atoms with E-state index in [-0.39, 0.29) is 0 Å². The Kier molecular flexibility index (Phi) is 2.84. The maximum absolute atomic E-state index is 10.2. The van der Waals surface area contributed by atoms with Crippen LogP contribution >= 0.6 is 0 Å². The van der Waals surface area contributed by atoms with E-state index in [1.54, 1.807) is 0 Å². The fourth-order valence-electron chi connectivity index (χ4n) is 0.720. The van der Waals surface area contributed by atoms with Crippen LogP contribution in [0.15, 0.2) is 0 Å². The van der Waals surface area contributed by atoms with Crippen LogP contribution in [0.3, 0.4) is 0 Å². The standard InChI is InChI=1S/C7H13NO3/c8-6(7(9)10)3-4-11-5-1-2-5/h5-6H,1-4,8H2,(H,9,10). The van der Waals surface area contributed by atoms with E-state index in [0.717, 1.165) is 12.8 Å². The zero-order valence-corrected chi connectivity index (χ0v) is 6.32. The van der Waals surface area contributed by atoms with Crippen LogP contribution < -0.4 is 5.73 Å². The fraction of sp³-hybridized carbons (Fsp3) is 0.857. The Labute approximate surface area is 65.3 Å². The second kappa shape index (κ2) is 3.69. The second-order valence-corrected chi connectivity index (χ2v) is 2.80. The number of nitrogens with two attached hydrogens (primary N) is 1. The average Bonchev–Trinajstić information content (AvgIpc) is 2.71. The van der Waals surface area contributed by atoms with Crippen molar-refractivity contribution < 1.29 is 14.6 Å². The van der Waals surface area contributed by atoms with E-state index in [1.165, 1.54) is 0 Å². The lowest BCUT2D eigenvalue weighted by atomic mass is 10.2. The van der Waals surface area contributed by atoms with Gasteiger partial charge in [-0.25, -0.2) is 0 Å². The molecule has 0 bridgehead atoms. The minimum Gasteiger partial charge on any atom is -0.480 e. The normalized spacial score (nSPS) is 19.7. The Bertz CT molecular complexity index is 145. The summed E-state index contributed by atoms with van der Waals surface area (Å²) in [6, 6.07) is -0.770. The quantitative estimate of drug-likeness (QED) is 0.590. The second-order valence-electron chi connectivity index (χ2n) is 2.80. The van der Waals surface area contributed by atoms with Gasteiger partial charge in [-0.15, -0.1) is 0 Å². The summed E-state index contributed by atoms with van der Waals surface area (Å²) in [4.78, 5) is 10.2. The highest BCUT2D eigenvalue weighted by molar-refractivity contribution is 5.72. The van der Waals surface area contributed by atoms with Crippen LogP contribution in [0.4, 0.5) is 0 Å². The molecular formula is C7H13NO3. The Hall–Kier alpha value is -0.610. The van der Waals surface area contributed by atoms with Crippen LogP contribution in [0.2, 0.25) is 0 Å².